The summed E-state index contributed by atoms with van der Waals surface area (Å²) >= 11 is 6.05. The molecule has 0 aliphatic carbocycles. The molecule has 1 amide bonds. The fraction of sp³-hybridized carbons (Fsp3) is 0.500. The van der Waals surface area contributed by atoms with Crippen molar-refractivity contribution in [3.05, 3.63) is 34.9 Å². The fourth-order valence-corrected chi connectivity index (χ4v) is 2.62. The minimum Gasteiger partial charge on any atom is -0.391 e. The zero-order valence-electron chi connectivity index (χ0n) is 10.7. The molecule has 3 nitrogen and oxygen atoms in total. The van der Waals surface area contributed by atoms with E-state index in [4.69, 9.17) is 11.6 Å². The van der Waals surface area contributed by atoms with E-state index in [-0.39, 0.29) is 12.3 Å². The predicted octanol–water partition coefficient (Wildman–Crippen LogP) is 2.25. The van der Waals surface area contributed by atoms with Crippen LogP contribution in [0.1, 0.15) is 25.8 Å². The van der Waals surface area contributed by atoms with Crippen molar-refractivity contribution in [2.24, 2.45) is 0 Å². The maximum Gasteiger partial charge on any atom is 0.227 e. The molecular formula is C14H18ClNO2. The van der Waals surface area contributed by atoms with Crippen molar-refractivity contribution in [3.8, 4) is 0 Å². The second kappa shape index (κ2) is 4.90. The average Bonchev–Trinajstić information content (AvgIpc) is 2.57. The number of likely N-dealkylation sites (tertiary alicyclic amines) is 1. The minimum atomic E-state index is -0.488. The normalized spacial score (nSPS) is 22.2. The van der Waals surface area contributed by atoms with Gasteiger partial charge in [0.15, 0.2) is 0 Å². The van der Waals surface area contributed by atoms with E-state index in [0.717, 1.165) is 5.56 Å². The molecule has 1 aliphatic rings. The summed E-state index contributed by atoms with van der Waals surface area (Å²) in [5, 5.41) is 10.5. The molecule has 1 saturated heterocycles. The third-order valence-corrected chi connectivity index (χ3v) is 4.11. The molecule has 1 unspecified atom stereocenters. The van der Waals surface area contributed by atoms with Gasteiger partial charge in [0.2, 0.25) is 5.91 Å². The van der Waals surface area contributed by atoms with E-state index in [1.807, 2.05) is 32.0 Å². The van der Waals surface area contributed by atoms with Gasteiger partial charge >= 0.3 is 0 Å². The summed E-state index contributed by atoms with van der Waals surface area (Å²) < 4.78 is 0. The van der Waals surface area contributed by atoms with Gasteiger partial charge in [-0.05, 0) is 31.9 Å². The molecule has 98 valence electrons. The predicted molar refractivity (Wildman–Crippen MR) is 71.6 cm³/mol. The molecule has 4 heteroatoms. The summed E-state index contributed by atoms with van der Waals surface area (Å²) in [5.41, 5.74) is 0.347. The SMILES string of the molecule is CC1(C)C(O)CCN1C(=O)Cc1ccccc1Cl. The van der Waals surface area contributed by atoms with E-state index in [1.54, 1.807) is 11.0 Å². The van der Waals surface area contributed by atoms with Crippen LogP contribution >= 0.6 is 11.6 Å². The molecule has 0 bridgehead atoms. The molecule has 1 aromatic carbocycles. The van der Waals surface area contributed by atoms with Crippen molar-refractivity contribution in [1.82, 2.24) is 4.90 Å². The van der Waals surface area contributed by atoms with Crippen molar-refractivity contribution in [3.63, 3.8) is 0 Å². The Morgan fingerprint density at radius 3 is 2.72 bits per heavy atom. The van der Waals surface area contributed by atoms with E-state index in [0.29, 0.717) is 18.0 Å². The highest BCUT2D eigenvalue weighted by molar-refractivity contribution is 6.31. The molecule has 0 aromatic heterocycles. The van der Waals surface area contributed by atoms with E-state index in [1.165, 1.54) is 0 Å². The van der Waals surface area contributed by atoms with E-state index < -0.39 is 11.6 Å². The van der Waals surface area contributed by atoms with Gasteiger partial charge < -0.3 is 10.0 Å². The Balaban J connectivity index is 2.12. The molecule has 1 aliphatic heterocycles. The first-order valence-corrected chi connectivity index (χ1v) is 6.52. The van der Waals surface area contributed by atoms with Crippen molar-refractivity contribution in [2.45, 2.75) is 38.3 Å². The molecule has 1 heterocycles. The Labute approximate surface area is 112 Å². The van der Waals surface area contributed by atoms with Gasteiger partial charge in [-0.1, -0.05) is 29.8 Å². The number of hydrogen-bond acceptors (Lipinski definition) is 2. The van der Waals surface area contributed by atoms with Gasteiger partial charge in [-0.2, -0.15) is 0 Å². The smallest absolute Gasteiger partial charge is 0.227 e. The summed E-state index contributed by atoms with van der Waals surface area (Å²) in [6, 6.07) is 7.37. The van der Waals surface area contributed by atoms with Crippen LogP contribution in [0.25, 0.3) is 0 Å². The first-order valence-electron chi connectivity index (χ1n) is 6.15. The first-order chi connectivity index (χ1) is 8.43. The highest BCUT2D eigenvalue weighted by Gasteiger charge is 2.42. The van der Waals surface area contributed by atoms with Gasteiger partial charge in [0.25, 0.3) is 0 Å². The molecule has 0 radical (unpaired) electrons. The highest BCUT2D eigenvalue weighted by Crippen LogP contribution is 2.30. The number of carbonyl (C=O) groups is 1. The minimum absolute atomic E-state index is 0.0182. The summed E-state index contributed by atoms with van der Waals surface area (Å²) in [6.07, 6.45) is 0.476. The number of benzene rings is 1. The average molecular weight is 268 g/mol. The lowest BCUT2D eigenvalue weighted by atomic mass is 9.98. The third-order valence-electron chi connectivity index (χ3n) is 3.74. The molecule has 2 rings (SSSR count). The van der Waals surface area contributed by atoms with Crippen molar-refractivity contribution in [2.75, 3.05) is 6.54 Å². The van der Waals surface area contributed by atoms with Crippen molar-refractivity contribution >= 4 is 17.5 Å². The Morgan fingerprint density at radius 2 is 2.17 bits per heavy atom. The lowest BCUT2D eigenvalue weighted by Crippen LogP contribution is -2.48. The second-order valence-corrected chi connectivity index (χ2v) is 5.68. The maximum atomic E-state index is 12.3. The van der Waals surface area contributed by atoms with E-state index >= 15 is 0 Å². The van der Waals surface area contributed by atoms with Crippen LogP contribution in [0, 0.1) is 0 Å². The summed E-state index contributed by atoms with van der Waals surface area (Å²) in [4.78, 5) is 14.0. The molecule has 1 aromatic rings. The van der Waals surface area contributed by atoms with Gasteiger partial charge in [-0.25, -0.2) is 0 Å². The van der Waals surface area contributed by atoms with Crippen molar-refractivity contribution < 1.29 is 9.90 Å². The number of rotatable bonds is 2. The van der Waals surface area contributed by atoms with Crippen LogP contribution in [0.5, 0.6) is 0 Å². The quantitative estimate of drug-likeness (QED) is 0.893. The summed E-state index contributed by atoms with van der Waals surface area (Å²) in [6.45, 7) is 4.40. The molecular weight excluding hydrogens is 250 g/mol. The van der Waals surface area contributed by atoms with Gasteiger partial charge in [-0.3, -0.25) is 4.79 Å². The number of nitrogens with zero attached hydrogens (tertiary/aromatic N) is 1. The molecule has 1 N–H and O–H groups in total. The van der Waals surface area contributed by atoms with E-state index in [2.05, 4.69) is 0 Å². The molecule has 0 saturated carbocycles. The number of aliphatic hydroxyl groups excluding tert-OH is 1. The lowest BCUT2D eigenvalue weighted by molar-refractivity contribution is -0.135. The van der Waals surface area contributed by atoms with Gasteiger partial charge in [0, 0.05) is 11.6 Å². The highest BCUT2D eigenvalue weighted by atomic mass is 35.5. The van der Waals surface area contributed by atoms with Gasteiger partial charge in [0.1, 0.15) is 0 Å². The zero-order valence-corrected chi connectivity index (χ0v) is 11.4. The lowest BCUT2D eigenvalue weighted by Gasteiger charge is -2.34. The standard InChI is InChI=1S/C14H18ClNO2/c1-14(2)12(17)7-8-16(14)13(18)9-10-5-3-4-6-11(10)15/h3-6,12,17H,7-9H2,1-2H3. The third kappa shape index (κ3) is 2.38. The van der Waals surface area contributed by atoms with E-state index in [9.17, 15) is 9.90 Å². The van der Waals surface area contributed by atoms with Crippen LogP contribution < -0.4 is 0 Å². The van der Waals surface area contributed by atoms with Crippen LogP contribution in [0.4, 0.5) is 0 Å². The van der Waals surface area contributed by atoms with Crippen LogP contribution in [0.3, 0.4) is 0 Å². The summed E-state index contributed by atoms with van der Waals surface area (Å²) in [7, 11) is 0. The first kappa shape index (κ1) is 13.4. The molecule has 0 spiro atoms. The van der Waals surface area contributed by atoms with Crippen LogP contribution in [-0.2, 0) is 11.2 Å². The molecule has 1 atom stereocenters. The topological polar surface area (TPSA) is 40.5 Å². The number of amides is 1. The van der Waals surface area contributed by atoms with Gasteiger partial charge in [0.05, 0.1) is 18.1 Å². The molecule has 18 heavy (non-hydrogen) atoms. The Kier molecular flexibility index (Phi) is 3.64. The zero-order chi connectivity index (χ0) is 13.3. The van der Waals surface area contributed by atoms with Gasteiger partial charge in [-0.15, -0.1) is 0 Å². The van der Waals surface area contributed by atoms with Crippen molar-refractivity contribution in [1.29, 1.82) is 0 Å². The summed E-state index contributed by atoms with van der Waals surface area (Å²) in [5.74, 6) is 0.0182. The number of aliphatic hydroxyl groups is 1. The monoisotopic (exact) mass is 267 g/mol. The Morgan fingerprint density at radius 1 is 1.50 bits per heavy atom. The fourth-order valence-electron chi connectivity index (χ4n) is 2.42. The second-order valence-electron chi connectivity index (χ2n) is 5.27. The number of hydrogen-bond donors (Lipinski definition) is 1. The van der Waals surface area contributed by atoms with Crippen LogP contribution in [0.15, 0.2) is 24.3 Å². The Bertz CT molecular complexity index is 459. The maximum absolute atomic E-state index is 12.3. The number of carbonyl (C=O) groups excluding carboxylic acids is 1. The van der Waals surface area contributed by atoms with Crippen LogP contribution in [-0.4, -0.2) is 34.1 Å². The number of halogens is 1. The molecule has 1 fully saturated rings. The van der Waals surface area contributed by atoms with Crippen LogP contribution in [0.2, 0.25) is 5.02 Å². The largest absolute Gasteiger partial charge is 0.391 e. The Hall–Kier alpha value is -1.06.